The van der Waals surface area contributed by atoms with Crippen molar-refractivity contribution < 1.29 is 4.74 Å². The van der Waals surface area contributed by atoms with E-state index in [-0.39, 0.29) is 0 Å². The van der Waals surface area contributed by atoms with Crippen LogP contribution in [0.15, 0.2) is 18.2 Å². The molecule has 1 rings (SSSR count). The largest absolute Gasteiger partial charge is 0.492 e. The Morgan fingerprint density at radius 1 is 1.26 bits per heavy atom. The van der Waals surface area contributed by atoms with Gasteiger partial charge in [0.25, 0.3) is 0 Å². The summed E-state index contributed by atoms with van der Waals surface area (Å²) in [5.41, 5.74) is 2.46. The van der Waals surface area contributed by atoms with E-state index < -0.39 is 0 Å². The van der Waals surface area contributed by atoms with Gasteiger partial charge in [-0.2, -0.15) is 0 Å². The van der Waals surface area contributed by atoms with E-state index in [0.29, 0.717) is 5.92 Å². The molecule has 19 heavy (non-hydrogen) atoms. The normalized spacial score (nSPS) is 11.3. The first-order chi connectivity index (χ1) is 9.00. The molecule has 0 spiro atoms. The zero-order valence-corrected chi connectivity index (χ0v) is 13.0. The Labute approximate surface area is 118 Å². The van der Waals surface area contributed by atoms with Gasteiger partial charge in [0.05, 0.1) is 0 Å². The lowest BCUT2D eigenvalue weighted by atomic mass is 10.1. The van der Waals surface area contributed by atoms with Gasteiger partial charge in [-0.3, -0.25) is 0 Å². The Balaban J connectivity index is 2.61. The molecule has 0 aliphatic heterocycles. The zero-order chi connectivity index (χ0) is 14.3. The van der Waals surface area contributed by atoms with E-state index in [2.05, 4.69) is 63.3 Å². The lowest BCUT2D eigenvalue weighted by Crippen LogP contribution is -2.22. The van der Waals surface area contributed by atoms with Gasteiger partial charge in [0.15, 0.2) is 0 Å². The lowest BCUT2D eigenvalue weighted by molar-refractivity contribution is 0.257. The quantitative estimate of drug-likeness (QED) is 0.781. The number of nitrogens with one attached hydrogen (secondary N) is 1. The predicted molar refractivity (Wildman–Crippen MR) is 81.8 cm³/mol. The van der Waals surface area contributed by atoms with Crippen LogP contribution in [0.2, 0.25) is 0 Å². The van der Waals surface area contributed by atoms with E-state index in [9.17, 15) is 0 Å². The molecular formula is C16H28N2O. The SMILES string of the molecule is Cc1cccc(CNCC(C)C)c1OCCN(C)C. The Kier molecular flexibility index (Phi) is 6.89. The molecular weight excluding hydrogens is 236 g/mol. The second-order valence-electron chi connectivity index (χ2n) is 5.74. The molecule has 0 aromatic heterocycles. The van der Waals surface area contributed by atoms with Gasteiger partial charge in [-0.1, -0.05) is 32.0 Å². The van der Waals surface area contributed by atoms with Crippen LogP contribution in [-0.2, 0) is 6.54 Å². The van der Waals surface area contributed by atoms with Crippen LogP contribution in [-0.4, -0.2) is 38.7 Å². The first kappa shape index (κ1) is 16.0. The molecule has 0 saturated carbocycles. The number of hydrogen-bond acceptors (Lipinski definition) is 3. The number of hydrogen-bond donors (Lipinski definition) is 1. The fourth-order valence-corrected chi connectivity index (χ4v) is 1.88. The Morgan fingerprint density at radius 3 is 2.63 bits per heavy atom. The summed E-state index contributed by atoms with van der Waals surface area (Å²) in [6.45, 7) is 10.1. The van der Waals surface area contributed by atoms with Crippen molar-refractivity contribution in [1.82, 2.24) is 10.2 Å². The molecule has 0 atom stereocenters. The number of likely N-dealkylation sites (N-methyl/N-ethyl adjacent to an activating group) is 1. The fraction of sp³-hybridized carbons (Fsp3) is 0.625. The third-order valence-electron chi connectivity index (χ3n) is 2.95. The minimum atomic E-state index is 0.669. The zero-order valence-electron chi connectivity index (χ0n) is 13.0. The number of rotatable bonds is 8. The standard InChI is InChI=1S/C16H28N2O/c1-13(2)11-17-12-15-8-6-7-14(3)16(15)19-10-9-18(4)5/h6-8,13,17H,9-12H2,1-5H3. The molecule has 108 valence electrons. The average molecular weight is 264 g/mol. The first-order valence-electron chi connectivity index (χ1n) is 7.07. The lowest BCUT2D eigenvalue weighted by Gasteiger charge is -2.17. The van der Waals surface area contributed by atoms with Crippen LogP contribution in [0.4, 0.5) is 0 Å². The van der Waals surface area contributed by atoms with Crippen LogP contribution in [0.5, 0.6) is 5.75 Å². The minimum absolute atomic E-state index is 0.669. The van der Waals surface area contributed by atoms with Gasteiger partial charge in [-0.25, -0.2) is 0 Å². The van der Waals surface area contributed by atoms with Gasteiger partial charge >= 0.3 is 0 Å². The number of nitrogens with zero attached hydrogens (tertiary/aromatic N) is 1. The van der Waals surface area contributed by atoms with Gasteiger partial charge < -0.3 is 15.0 Å². The highest BCUT2D eigenvalue weighted by Gasteiger charge is 2.07. The molecule has 0 unspecified atom stereocenters. The summed E-state index contributed by atoms with van der Waals surface area (Å²) in [5.74, 6) is 1.71. The fourth-order valence-electron chi connectivity index (χ4n) is 1.88. The van der Waals surface area contributed by atoms with Crippen molar-refractivity contribution in [3.8, 4) is 5.75 Å². The van der Waals surface area contributed by atoms with Crippen LogP contribution in [0.25, 0.3) is 0 Å². The van der Waals surface area contributed by atoms with Crippen molar-refractivity contribution >= 4 is 0 Å². The molecule has 0 aliphatic rings. The van der Waals surface area contributed by atoms with Gasteiger partial charge in [0.1, 0.15) is 12.4 Å². The van der Waals surface area contributed by atoms with Crippen molar-refractivity contribution in [2.75, 3.05) is 33.8 Å². The van der Waals surface area contributed by atoms with E-state index in [4.69, 9.17) is 4.74 Å². The second-order valence-corrected chi connectivity index (χ2v) is 5.74. The number of benzene rings is 1. The van der Waals surface area contributed by atoms with E-state index in [0.717, 1.165) is 32.0 Å². The van der Waals surface area contributed by atoms with Crippen LogP contribution in [0.1, 0.15) is 25.0 Å². The molecule has 0 aliphatic carbocycles. The molecule has 3 nitrogen and oxygen atoms in total. The third kappa shape index (κ3) is 6.08. The van der Waals surface area contributed by atoms with E-state index in [1.807, 2.05) is 0 Å². The van der Waals surface area contributed by atoms with Crippen molar-refractivity contribution in [1.29, 1.82) is 0 Å². The Bertz CT molecular complexity index is 375. The number of aryl methyl sites for hydroxylation is 1. The van der Waals surface area contributed by atoms with Crippen molar-refractivity contribution in [3.63, 3.8) is 0 Å². The molecule has 1 N–H and O–H groups in total. The molecule has 0 saturated heterocycles. The van der Waals surface area contributed by atoms with E-state index in [1.54, 1.807) is 0 Å². The summed E-state index contributed by atoms with van der Waals surface area (Å²) < 4.78 is 5.95. The molecule has 0 radical (unpaired) electrons. The average Bonchev–Trinajstić information content (AvgIpc) is 2.31. The van der Waals surface area contributed by atoms with Gasteiger partial charge in [-0.05, 0) is 39.0 Å². The minimum Gasteiger partial charge on any atom is -0.492 e. The van der Waals surface area contributed by atoms with Crippen LogP contribution in [0, 0.1) is 12.8 Å². The Hall–Kier alpha value is -1.06. The summed E-state index contributed by atoms with van der Waals surface area (Å²) in [6, 6.07) is 6.35. The summed E-state index contributed by atoms with van der Waals surface area (Å²) in [7, 11) is 4.12. The monoisotopic (exact) mass is 264 g/mol. The molecule has 0 bridgehead atoms. The van der Waals surface area contributed by atoms with Gasteiger partial charge in [0.2, 0.25) is 0 Å². The Morgan fingerprint density at radius 2 is 2.00 bits per heavy atom. The van der Waals surface area contributed by atoms with E-state index in [1.165, 1.54) is 11.1 Å². The maximum absolute atomic E-state index is 5.95. The van der Waals surface area contributed by atoms with Crippen LogP contribution >= 0.6 is 0 Å². The molecule has 0 amide bonds. The second kappa shape index (κ2) is 8.18. The van der Waals surface area contributed by atoms with Gasteiger partial charge in [0, 0.05) is 18.7 Å². The summed E-state index contributed by atoms with van der Waals surface area (Å²) in [5, 5.41) is 3.48. The van der Waals surface area contributed by atoms with Crippen LogP contribution < -0.4 is 10.1 Å². The highest BCUT2D eigenvalue weighted by molar-refractivity contribution is 5.40. The molecule has 0 heterocycles. The van der Waals surface area contributed by atoms with Crippen molar-refractivity contribution in [2.45, 2.75) is 27.3 Å². The van der Waals surface area contributed by atoms with E-state index >= 15 is 0 Å². The molecule has 3 heteroatoms. The summed E-state index contributed by atoms with van der Waals surface area (Å²) in [4.78, 5) is 2.13. The summed E-state index contributed by atoms with van der Waals surface area (Å²) in [6.07, 6.45) is 0. The van der Waals surface area contributed by atoms with Crippen LogP contribution in [0.3, 0.4) is 0 Å². The van der Waals surface area contributed by atoms with Crippen molar-refractivity contribution in [3.05, 3.63) is 29.3 Å². The molecule has 0 fully saturated rings. The number of ether oxygens (including phenoxy) is 1. The highest BCUT2D eigenvalue weighted by Crippen LogP contribution is 2.23. The first-order valence-corrected chi connectivity index (χ1v) is 7.07. The van der Waals surface area contributed by atoms with Crippen molar-refractivity contribution in [2.24, 2.45) is 5.92 Å². The maximum Gasteiger partial charge on any atom is 0.126 e. The molecule has 1 aromatic carbocycles. The van der Waals surface area contributed by atoms with Gasteiger partial charge in [-0.15, -0.1) is 0 Å². The smallest absolute Gasteiger partial charge is 0.126 e. The maximum atomic E-state index is 5.95. The summed E-state index contributed by atoms with van der Waals surface area (Å²) >= 11 is 0. The predicted octanol–water partition coefficient (Wildman–Crippen LogP) is 2.68. The third-order valence-corrected chi connectivity index (χ3v) is 2.95. The number of para-hydroxylation sites is 1. The topological polar surface area (TPSA) is 24.5 Å². The highest BCUT2D eigenvalue weighted by atomic mass is 16.5. The molecule has 1 aromatic rings.